The highest BCUT2D eigenvalue weighted by molar-refractivity contribution is 7.92. The van der Waals surface area contributed by atoms with Crippen LogP contribution in [0.2, 0.25) is 0 Å². The molecule has 2 amide bonds. The minimum Gasteiger partial charge on any atom is -0.455 e. The van der Waals surface area contributed by atoms with Gasteiger partial charge in [-0.1, -0.05) is 42.5 Å². The van der Waals surface area contributed by atoms with Gasteiger partial charge in [-0.15, -0.1) is 0 Å². The summed E-state index contributed by atoms with van der Waals surface area (Å²) >= 11 is 0. The molecule has 0 spiro atoms. The van der Waals surface area contributed by atoms with E-state index >= 15 is 0 Å². The van der Waals surface area contributed by atoms with Crippen molar-refractivity contribution in [2.24, 2.45) is 0 Å². The lowest BCUT2D eigenvalue weighted by molar-refractivity contribution is -0.116. The van der Waals surface area contributed by atoms with E-state index in [1.807, 2.05) is 36.4 Å². The van der Waals surface area contributed by atoms with Crippen molar-refractivity contribution in [3.05, 3.63) is 115 Å². The van der Waals surface area contributed by atoms with Crippen molar-refractivity contribution in [2.45, 2.75) is 4.90 Å². The third-order valence-corrected chi connectivity index (χ3v) is 7.02. The minimum atomic E-state index is -3.98. The molecule has 0 unspecified atom stereocenters. The summed E-state index contributed by atoms with van der Waals surface area (Å²) in [4.78, 5) is 29.0. The van der Waals surface area contributed by atoms with Crippen molar-refractivity contribution in [3.63, 3.8) is 0 Å². The number of sulfonamides is 1. The predicted molar refractivity (Wildman–Crippen MR) is 147 cm³/mol. The number of ether oxygens (including phenoxy) is 1. The Balaban J connectivity index is 1.20. The Bertz CT molecular complexity index is 1740. The van der Waals surface area contributed by atoms with Gasteiger partial charge >= 0.3 is 0 Å². The number of imidazole rings is 1. The first-order valence-corrected chi connectivity index (χ1v) is 13.3. The van der Waals surface area contributed by atoms with Crippen LogP contribution in [0, 0.1) is 0 Å². The predicted octanol–water partition coefficient (Wildman–Crippen LogP) is 4.13. The van der Waals surface area contributed by atoms with Gasteiger partial charge in [-0.3, -0.25) is 19.7 Å². The minimum absolute atomic E-state index is 0.0432. The van der Waals surface area contributed by atoms with E-state index in [-0.39, 0.29) is 22.7 Å². The van der Waals surface area contributed by atoms with E-state index in [0.717, 1.165) is 11.0 Å². The van der Waals surface area contributed by atoms with Crippen LogP contribution in [0.4, 0.5) is 5.69 Å². The molecule has 1 aromatic heterocycles. The average molecular weight is 542 g/mol. The average Bonchev–Trinajstić information content (AvgIpc) is 3.36. The van der Waals surface area contributed by atoms with E-state index in [9.17, 15) is 18.0 Å². The molecule has 0 aliphatic heterocycles. The molecule has 1 heterocycles. The number of hydrogen-bond donors (Lipinski definition) is 3. The number of rotatable bonds is 9. The fourth-order valence-corrected chi connectivity index (χ4v) is 4.80. The van der Waals surface area contributed by atoms with Gasteiger partial charge in [0, 0.05) is 5.56 Å². The van der Waals surface area contributed by atoms with Crippen LogP contribution in [0.5, 0.6) is 11.5 Å². The molecule has 0 saturated carbocycles. The standard InChI is InChI=1S/C28H23N5O5S/c34-27(31-33-19-30-23-10-4-6-12-25(23)33)18-29-28(35)20-14-16-22(17-15-20)39(36,37)32-24-11-5-7-13-26(24)38-21-8-2-1-3-9-21/h1-17,19,32H,18H2,(H,29,35)(H,31,34). The highest BCUT2D eigenvalue weighted by atomic mass is 32.2. The molecular weight excluding hydrogens is 518 g/mol. The quantitative estimate of drug-likeness (QED) is 0.257. The van der Waals surface area contributed by atoms with Crippen molar-refractivity contribution < 1.29 is 22.7 Å². The van der Waals surface area contributed by atoms with Crippen LogP contribution in [0.15, 0.2) is 114 Å². The Kier molecular flexibility index (Phi) is 7.23. The maximum Gasteiger partial charge on any atom is 0.262 e. The summed E-state index contributed by atoms with van der Waals surface area (Å²) in [6, 6.07) is 28.3. The second-order valence-corrected chi connectivity index (χ2v) is 10.0. The zero-order valence-corrected chi connectivity index (χ0v) is 21.3. The number of carbonyl (C=O) groups is 2. The lowest BCUT2D eigenvalue weighted by Gasteiger charge is -2.13. The lowest BCUT2D eigenvalue weighted by Crippen LogP contribution is -2.35. The Morgan fingerprint density at radius 2 is 1.51 bits per heavy atom. The SMILES string of the molecule is O=C(CNC(=O)c1ccc(S(=O)(=O)Nc2ccccc2Oc2ccccc2)cc1)Nn1cnc2ccccc21. The van der Waals surface area contributed by atoms with Gasteiger partial charge in [0.2, 0.25) is 0 Å². The zero-order chi connectivity index (χ0) is 27.2. The molecule has 3 N–H and O–H groups in total. The largest absolute Gasteiger partial charge is 0.455 e. The third kappa shape index (κ3) is 6.05. The second kappa shape index (κ2) is 11.1. The maximum absolute atomic E-state index is 13.0. The number of fused-ring (bicyclic) bond motifs is 1. The van der Waals surface area contributed by atoms with Gasteiger partial charge in [-0.2, -0.15) is 0 Å². The summed E-state index contributed by atoms with van der Waals surface area (Å²) in [6.07, 6.45) is 1.48. The summed E-state index contributed by atoms with van der Waals surface area (Å²) in [6.45, 7) is -0.287. The molecule has 4 aromatic carbocycles. The van der Waals surface area contributed by atoms with Gasteiger partial charge in [-0.05, 0) is 60.7 Å². The number of aromatic nitrogens is 2. The van der Waals surface area contributed by atoms with Crippen LogP contribution >= 0.6 is 0 Å². The molecule has 10 nitrogen and oxygen atoms in total. The number of nitrogens with one attached hydrogen (secondary N) is 3. The van der Waals surface area contributed by atoms with E-state index in [2.05, 4.69) is 20.4 Å². The van der Waals surface area contributed by atoms with E-state index in [0.29, 0.717) is 11.5 Å². The third-order valence-electron chi connectivity index (χ3n) is 5.64. The molecule has 0 bridgehead atoms. The number of benzene rings is 4. The molecule has 5 rings (SSSR count). The van der Waals surface area contributed by atoms with Gasteiger partial charge in [0.25, 0.3) is 21.8 Å². The fraction of sp³-hybridized carbons (Fsp3) is 0.0357. The Hall–Kier alpha value is -5.16. The number of amides is 2. The highest BCUT2D eigenvalue weighted by Gasteiger charge is 2.18. The van der Waals surface area contributed by atoms with Gasteiger partial charge < -0.3 is 10.1 Å². The molecule has 0 atom stereocenters. The maximum atomic E-state index is 13.0. The van der Waals surface area contributed by atoms with E-state index in [1.165, 1.54) is 35.3 Å². The first-order valence-electron chi connectivity index (χ1n) is 11.8. The topological polar surface area (TPSA) is 131 Å². The smallest absolute Gasteiger partial charge is 0.262 e. The van der Waals surface area contributed by atoms with Crippen molar-refractivity contribution in [1.29, 1.82) is 0 Å². The number of para-hydroxylation sites is 5. The van der Waals surface area contributed by atoms with Crippen LogP contribution in [-0.4, -0.2) is 36.4 Å². The highest BCUT2D eigenvalue weighted by Crippen LogP contribution is 2.30. The fourth-order valence-electron chi connectivity index (χ4n) is 3.73. The zero-order valence-electron chi connectivity index (χ0n) is 20.4. The summed E-state index contributed by atoms with van der Waals surface area (Å²) < 4.78 is 35.9. The molecule has 0 aliphatic rings. The van der Waals surface area contributed by atoms with Crippen LogP contribution in [0.1, 0.15) is 10.4 Å². The summed E-state index contributed by atoms with van der Waals surface area (Å²) in [5.74, 6) is -0.0812. The molecule has 0 saturated heterocycles. The number of nitrogens with zero attached hydrogens (tertiary/aromatic N) is 2. The van der Waals surface area contributed by atoms with Crippen LogP contribution in [-0.2, 0) is 14.8 Å². The van der Waals surface area contributed by atoms with E-state index in [4.69, 9.17) is 4.74 Å². The molecule has 0 radical (unpaired) electrons. The summed E-state index contributed by atoms with van der Waals surface area (Å²) in [5.41, 5.74) is 4.55. The number of anilines is 1. The van der Waals surface area contributed by atoms with Gasteiger partial charge in [0.05, 0.1) is 28.2 Å². The summed E-state index contributed by atoms with van der Waals surface area (Å²) in [7, 11) is -3.98. The Morgan fingerprint density at radius 3 is 2.31 bits per heavy atom. The number of carbonyl (C=O) groups excluding carboxylic acids is 2. The number of hydrogen-bond acceptors (Lipinski definition) is 6. The molecule has 196 valence electrons. The molecule has 5 aromatic rings. The first-order chi connectivity index (χ1) is 18.9. The van der Waals surface area contributed by atoms with Crippen LogP contribution in [0.25, 0.3) is 11.0 Å². The van der Waals surface area contributed by atoms with Crippen LogP contribution in [0.3, 0.4) is 0 Å². The van der Waals surface area contributed by atoms with Crippen molar-refractivity contribution >= 4 is 38.6 Å². The van der Waals surface area contributed by atoms with Crippen molar-refractivity contribution in [1.82, 2.24) is 15.0 Å². The molecule has 39 heavy (non-hydrogen) atoms. The van der Waals surface area contributed by atoms with E-state index in [1.54, 1.807) is 42.5 Å². The lowest BCUT2D eigenvalue weighted by atomic mass is 10.2. The Labute approximate surface area is 224 Å². The normalized spacial score (nSPS) is 11.1. The summed E-state index contributed by atoms with van der Waals surface area (Å²) in [5, 5.41) is 2.52. The van der Waals surface area contributed by atoms with Crippen molar-refractivity contribution in [2.75, 3.05) is 16.7 Å². The monoisotopic (exact) mass is 541 g/mol. The van der Waals surface area contributed by atoms with Gasteiger partial charge in [0.1, 0.15) is 12.1 Å². The Morgan fingerprint density at radius 1 is 0.821 bits per heavy atom. The second-order valence-electron chi connectivity index (χ2n) is 8.36. The van der Waals surface area contributed by atoms with Crippen LogP contribution < -0.4 is 20.2 Å². The van der Waals surface area contributed by atoms with E-state index < -0.39 is 21.8 Å². The van der Waals surface area contributed by atoms with Crippen molar-refractivity contribution in [3.8, 4) is 11.5 Å². The first kappa shape index (κ1) is 25.5. The molecule has 11 heteroatoms. The molecule has 0 fully saturated rings. The molecular formula is C28H23N5O5S. The van der Waals surface area contributed by atoms with Gasteiger partial charge in [0.15, 0.2) is 5.75 Å². The van der Waals surface area contributed by atoms with Gasteiger partial charge in [-0.25, -0.2) is 18.1 Å². The molecule has 0 aliphatic carbocycles.